The molecule has 2 rings (SSSR count). The Kier molecular flexibility index (Phi) is 7.47. The van der Waals surface area contributed by atoms with Gasteiger partial charge >= 0.3 is 0 Å². The maximum atomic E-state index is 11.3. The highest BCUT2D eigenvalue weighted by Crippen LogP contribution is 2.19. The highest BCUT2D eigenvalue weighted by molar-refractivity contribution is 7.99. The zero-order valence-electron chi connectivity index (χ0n) is 13.1. The largest absolute Gasteiger partial charge is 0.416 e. The summed E-state index contributed by atoms with van der Waals surface area (Å²) in [6.07, 6.45) is 5.17. The van der Waals surface area contributed by atoms with Gasteiger partial charge in [0.2, 0.25) is 5.89 Å². The minimum atomic E-state index is -0.235. The molecule has 0 aliphatic carbocycles. The Morgan fingerprint density at radius 3 is 2.83 bits per heavy atom. The monoisotopic (exact) mass is 355 g/mol. The van der Waals surface area contributed by atoms with E-state index in [1.807, 2.05) is 0 Å². The van der Waals surface area contributed by atoms with Gasteiger partial charge in [-0.2, -0.15) is 0 Å². The van der Waals surface area contributed by atoms with Gasteiger partial charge in [0, 0.05) is 24.0 Å². The molecule has 23 heavy (non-hydrogen) atoms. The van der Waals surface area contributed by atoms with Crippen LogP contribution in [0.4, 0.5) is 5.82 Å². The van der Waals surface area contributed by atoms with Crippen molar-refractivity contribution in [2.45, 2.75) is 49.4 Å². The van der Waals surface area contributed by atoms with Crippen LogP contribution in [-0.4, -0.2) is 31.7 Å². The Morgan fingerprint density at radius 1 is 1.22 bits per heavy atom. The third kappa shape index (κ3) is 6.66. The molecule has 0 fully saturated rings. The fourth-order valence-electron chi connectivity index (χ4n) is 1.82. The summed E-state index contributed by atoms with van der Waals surface area (Å²) in [7, 11) is 0. The smallest absolute Gasteiger partial charge is 0.276 e. The maximum absolute atomic E-state index is 11.3. The van der Waals surface area contributed by atoms with E-state index < -0.39 is 0 Å². The quantitative estimate of drug-likeness (QED) is 0.380. The summed E-state index contributed by atoms with van der Waals surface area (Å²) in [5.74, 6) is 2.68. The summed E-state index contributed by atoms with van der Waals surface area (Å²) in [4.78, 5) is 18.0. The third-order valence-corrected chi connectivity index (χ3v) is 4.80. The van der Waals surface area contributed by atoms with Crippen molar-refractivity contribution >= 4 is 29.3 Å². The minimum absolute atomic E-state index is 0.234. The number of nitrogens with zero attached hydrogens (tertiary/aromatic N) is 3. The molecule has 0 bridgehead atoms. The van der Waals surface area contributed by atoms with Crippen LogP contribution >= 0.6 is 23.5 Å². The lowest BCUT2D eigenvalue weighted by atomic mass is 10.3. The zero-order chi connectivity index (χ0) is 16.5. The van der Waals surface area contributed by atoms with Crippen LogP contribution < -0.4 is 11.3 Å². The molecule has 0 amide bonds. The number of aromatic amines is 1. The first-order valence-electron chi connectivity index (χ1n) is 7.62. The van der Waals surface area contributed by atoms with Crippen LogP contribution in [0, 0.1) is 0 Å². The summed E-state index contributed by atoms with van der Waals surface area (Å²) in [6, 6.07) is 1.27. The van der Waals surface area contributed by atoms with E-state index in [0.717, 1.165) is 17.9 Å². The highest BCUT2D eigenvalue weighted by atomic mass is 32.2. The lowest BCUT2D eigenvalue weighted by molar-refractivity contribution is 0.412. The van der Waals surface area contributed by atoms with Crippen molar-refractivity contribution in [1.29, 1.82) is 0 Å². The number of hydrogen-bond donors (Lipinski definition) is 2. The van der Waals surface area contributed by atoms with Crippen molar-refractivity contribution < 1.29 is 4.42 Å². The average molecular weight is 355 g/mol. The van der Waals surface area contributed by atoms with Crippen molar-refractivity contribution in [2.24, 2.45) is 0 Å². The predicted octanol–water partition coefficient (Wildman–Crippen LogP) is 2.74. The molecule has 0 aliphatic rings. The third-order valence-electron chi connectivity index (χ3n) is 2.94. The van der Waals surface area contributed by atoms with Crippen LogP contribution in [0.1, 0.15) is 38.5 Å². The normalized spacial score (nSPS) is 11.0. The summed E-state index contributed by atoms with van der Waals surface area (Å²) in [5.41, 5.74) is 5.30. The molecular weight excluding hydrogens is 334 g/mol. The zero-order valence-corrected chi connectivity index (χ0v) is 14.7. The summed E-state index contributed by atoms with van der Waals surface area (Å²) in [6.45, 7) is 2.18. The molecule has 7 nitrogen and oxygen atoms in total. The van der Waals surface area contributed by atoms with E-state index in [9.17, 15) is 4.79 Å². The summed E-state index contributed by atoms with van der Waals surface area (Å²) >= 11 is 3.06. The average Bonchev–Trinajstić information content (AvgIpc) is 2.95. The van der Waals surface area contributed by atoms with Crippen molar-refractivity contribution in [2.75, 3.05) is 17.2 Å². The number of nitrogen functional groups attached to an aromatic ring is 1. The van der Waals surface area contributed by atoms with Crippen LogP contribution in [0.5, 0.6) is 0 Å². The van der Waals surface area contributed by atoms with Gasteiger partial charge in [0.25, 0.3) is 10.8 Å². The van der Waals surface area contributed by atoms with Crippen LogP contribution in [-0.2, 0) is 6.42 Å². The SMILES string of the molecule is CCCCCSc1nnc(CCCSc2nc(N)cc(=O)[nH]2)o1. The van der Waals surface area contributed by atoms with E-state index in [1.54, 1.807) is 11.8 Å². The maximum Gasteiger partial charge on any atom is 0.276 e. The molecule has 3 N–H and O–H groups in total. The van der Waals surface area contributed by atoms with Gasteiger partial charge in [-0.05, 0) is 12.8 Å². The van der Waals surface area contributed by atoms with Crippen molar-refractivity contribution in [1.82, 2.24) is 20.2 Å². The van der Waals surface area contributed by atoms with Gasteiger partial charge in [0.05, 0.1) is 0 Å². The van der Waals surface area contributed by atoms with Gasteiger partial charge in [0.15, 0.2) is 5.16 Å². The molecule has 0 saturated carbocycles. The molecule has 126 valence electrons. The molecular formula is C14H21N5O2S2. The standard InChI is InChI=1S/C14H21N5O2S2/c1-2-3-4-7-23-14-19-18-12(21-14)6-5-8-22-13-16-10(15)9-11(20)17-13/h9H,2-8H2,1H3,(H3,15,16,17,20). The molecule has 0 atom stereocenters. The minimum Gasteiger partial charge on any atom is -0.416 e. The number of unbranched alkanes of at least 4 members (excludes halogenated alkanes) is 2. The van der Waals surface area contributed by atoms with Gasteiger partial charge in [-0.1, -0.05) is 43.3 Å². The molecule has 0 spiro atoms. The lowest BCUT2D eigenvalue weighted by Crippen LogP contribution is -2.09. The van der Waals surface area contributed by atoms with E-state index in [0.29, 0.717) is 22.7 Å². The van der Waals surface area contributed by atoms with E-state index >= 15 is 0 Å². The molecule has 9 heteroatoms. The number of nitrogens with one attached hydrogen (secondary N) is 1. The highest BCUT2D eigenvalue weighted by Gasteiger charge is 2.07. The fraction of sp³-hybridized carbons (Fsp3) is 0.571. The topological polar surface area (TPSA) is 111 Å². The van der Waals surface area contributed by atoms with Gasteiger partial charge in [0.1, 0.15) is 5.82 Å². The second-order valence-electron chi connectivity index (χ2n) is 4.94. The number of anilines is 1. The number of rotatable bonds is 10. The first-order valence-corrected chi connectivity index (χ1v) is 9.59. The van der Waals surface area contributed by atoms with Crippen molar-refractivity contribution in [3.05, 3.63) is 22.3 Å². The summed E-state index contributed by atoms with van der Waals surface area (Å²) in [5, 5.41) is 9.26. The summed E-state index contributed by atoms with van der Waals surface area (Å²) < 4.78 is 5.59. The van der Waals surface area contributed by atoms with Gasteiger partial charge < -0.3 is 15.1 Å². The predicted molar refractivity (Wildman–Crippen MR) is 92.9 cm³/mol. The number of thioether (sulfide) groups is 2. The lowest BCUT2D eigenvalue weighted by Gasteiger charge is -2.00. The molecule has 0 saturated heterocycles. The second kappa shape index (κ2) is 9.61. The number of aromatic nitrogens is 4. The molecule has 2 heterocycles. The van der Waals surface area contributed by atoms with E-state index in [1.165, 1.54) is 37.1 Å². The number of hydrogen-bond acceptors (Lipinski definition) is 8. The van der Waals surface area contributed by atoms with Gasteiger partial charge in [-0.25, -0.2) is 4.98 Å². The molecule has 0 radical (unpaired) electrons. The number of aryl methyl sites for hydroxylation is 1. The van der Waals surface area contributed by atoms with Gasteiger partial charge in [-0.15, -0.1) is 10.2 Å². The number of H-pyrrole nitrogens is 1. The molecule has 2 aromatic rings. The van der Waals surface area contributed by atoms with Crippen LogP contribution in [0.2, 0.25) is 0 Å². The molecule has 0 unspecified atom stereocenters. The Morgan fingerprint density at radius 2 is 2.04 bits per heavy atom. The first kappa shape index (κ1) is 17.9. The molecule has 0 aliphatic heterocycles. The molecule has 2 aromatic heterocycles. The van der Waals surface area contributed by atoms with Crippen molar-refractivity contribution in [3.8, 4) is 0 Å². The molecule has 0 aromatic carbocycles. The fourth-order valence-corrected chi connectivity index (χ4v) is 3.42. The number of nitrogens with two attached hydrogens (primary N) is 1. The first-order chi connectivity index (χ1) is 11.2. The Hall–Kier alpha value is -1.48. The Labute approximate surface area is 143 Å². The second-order valence-corrected chi connectivity index (χ2v) is 7.07. The Bertz CT molecular complexity index is 659. The van der Waals surface area contributed by atoms with Crippen LogP contribution in [0.25, 0.3) is 0 Å². The van der Waals surface area contributed by atoms with Crippen LogP contribution in [0.3, 0.4) is 0 Å². The van der Waals surface area contributed by atoms with E-state index in [4.69, 9.17) is 10.2 Å². The van der Waals surface area contributed by atoms with Gasteiger partial charge in [-0.3, -0.25) is 4.79 Å². The van der Waals surface area contributed by atoms with E-state index in [2.05, 4.69) is 27.1 Å². The van der Waals surface area contributed by atoms with Crippen molar-refractivity contribution in [3.63, 3.8) is 0 Å². The van der Waals surface area contributed by atoms with Crippen LogP contribution in [0.15, 0.2) is 25.7 Å². The van der Waals surface area contributed by atoms with E-state index in [-0.39, 0.29) is 11.4 Å². The Balaban J connectivity index is 1.68.